The van der Waals surface area contributed by atoms with Gasteiger partial charge in [0.15, 0.2) is 0 Å². The van der Waals surface area contributed by atoms with Crippen molar-refractivity contribution in [2.45, 2.75) is 26.4 Å². The topological polar surface area (TPSA) is 65.3 Å². The minimum Gasteiger partial charge on any atom is -0.494 e. The largest absolute Gasteiger partial charge is 0.494 e. The second-order valence-electron chi connectivity index (χ2n) is 6.19. The highest BCUT2D eigenvalue weighted by Gasteiger charge is 2.25. The number of aromatic nitrogens is 2. The van der Waals surface area contributed by atoms with Gasteiger partial charge in [0.2, 0.25) is 0 Å². The van der Waals surface area contributed by atoms with Crippen molar-refractivity contribution >= 4 is 5.82 Å². The van der Waals surface area contributed by atoms with Crippen molar-refractivity contribution in [1.82, 2.24) is 14.9 Å². The molecule has 3 rings (SSSR count). The van der Waals surface area contributed by atoms with E-state index >= 15 is 0 Å². The summed E-state index contributed by atoms with van der Waals surface area (Å²) >= 11 is 0. The van der Waals surface area contributed by atoms with Crippen LogP contribution >= 0.6 is 0 Å². The maximum atomic E-state index is 9.02. The number of ether oxygens (including phenoxy) is 1. The Labute approximate surface area is 148 Å². The maximum Gasteiger partial charge on any atom is 0.145 e. The molecule has 0 amide bonds. The van der Waals surface area contributed by atoms with Crippen molar-refractivity contribution in [2.24, 2.45) is 0 Å². The lowest BCUT2D eigenvalue weighted by Gasteiger charge is -2.40. The third kappa shape index (κ3) is 4.06. The van der Waals surface area contributed by atoms with Gasteiger partial charge in [0.25, 0.3) is 0 Å². The zero-order valence-corrected chi connectivity index (χ0v) is 14.7. The summed E-state index contributed by atoms with van der Waals surface area (Å²) < 4.78 is 5.74. The molecule has 2 aromatic rings. The number of anilines is 1. The summed E-state index contributed by atoms with van der Waals surface area (Å²) in [7, 11) is 0. The molecule has 0 aliphatic carbocycles. The SMILES string of the molecule is CCOc1ccccc1CN1CCN(c2cc(C#N)ncn2)C(C)C1. The number of para-hydroxylation sites is 1. The van der Waals surface area contributed by atoms with Gasteiger partial charge >= 0.3 is 0 Å². The Morgan fingerprint density at radius 2 is 2.12 bits per heavy atom. The molecule has 0 N–H and O–H groups in total. The van der Waals surface area contributed by atoms with Crippen molar-refractivity contribution in [1.29, 1.82) is 5.26 Å². The average Bonchev–Trinajstić information content (AvgIpc) is 2.64. The Morgan fingerprint density at radius 1 is 1.28 bits per heavy atom. The summed E-state index contributed by atoms with van der Waals surface area (Å²) in [6, 6.07) is 12.4. The number of nitrogens with zero attached hydrogens (tertiary/aromatic N) is 5. The van der Waals surface area contributed by atoms with Gasteiger partial charge < -0.3 is 9.64 Å². The van der Waals surface area contributed by atoms with E-state index in [1.54, 1.807) is 6.07 Å². The molecule has 0 bridgehead atoms. The molecule has 1 aliphatic heterocycles. The van der Waals surface area contributed by atoms with Crippen LogP contribution in [0, 0.1) is 11.3 Å². The lowest BCUT2D eigenvalue weighted by molar-refractivity contribution is 0.216. The van der Waals surface area contributed by atoms with Crippen molar-refractivity contribution in [3.05, 3.63) is 47.9 Å². The molecule has 1 fully saturated rings. The van der Waals surface area contributed by atoms with E-state index in [0.29, 0.717) is 18.3 Å². The van der Waals surface area contributed by atoms with Crippen LogP contribution in [0.1, 0.15) is 25.1 Å². The van der Waals surface area contributed by atoms with Crippen molar-refractivity contribution in [2.75, 3.05) is 31.1 Å². The Bertz CT molecular complexity index is 757. The van der Waals surface area contributed by atoms with Crippen LogP contribution in [-0.2, 0) is 6.54 Å². The summed E-state index contributed by atoms with van der Waals surface area (Å²) in [6.45, 7) is 8.50. The molecule has 0 spiro atoms. The molecule has 0 radical (unpaired) electrons. The first-order valence-electron chi connectivity index (χ1n) is 8.63. The van der Waals surface area contributed by atoms with Gasteiger partial charge in [0.05, 0.1) is 6.61 Å². The molecule has 0 saturated carbocycles. The van der Waals surface area contributed by atoms with E-state index in [4.69, 9.17) is 10.00 Å². The fourth-order valence-electron chi connectivity index (χ4n) is 3.25. The average molecular weight is 337 g/mol. The molecule has 1 atom stereocenters. The summed E-state index contributed by atoms with van der Waals surface area (Å²) in [6.07, 6.45) is 1.46. The number of nitriles is 1. The zero-order valence-electron chi connectivity index (χ0n) is 14.7. The van der Waals surface area contributed by atoms with E-state index in [-0.39, 0.29) is 0 Å². The van der Waals surface area contributed by atoms with Crippen molar-refractivity contribution in [3.63, 3.8) is 0 Å². The maximum absolute atomic E-state index is 9.02. The lowest BCUT2D eigenvalue weighted by atomic mass is 10.1. The molecule has 6 heteroatoms. The standard InChI is InChI=1S/C19H23N5O/c1-3-25-18-7-5-4-6-16(18)13-23-8-9-24(15(2)12-23)19-10-17(11-20)21-14-22-19/h4-7,10,14-15H,3,8-9,12-13H2,1-2H3. The van der Waals surface area contributed by atoms with E-state index in [9.17, 15) is 0 Å². The number of benzene rings is 1. The normalized spacial score (nSPS) is 18.0. The van der Waals surface area contributed by atoms with Crippen LogP contribution in [0.2, 0.25) is 0 Å². The van der Waals surface area contributed by atoms with Crippen molar-refractivity contribution in [3.8, 4) is 11.8 Å². The molecular weight excluding hydrogens is 314 g/mol. The quantitative estimate of drug-likeness (QED) is 0.835. The molecule has 25 heavy (non-hydrogen) atoms. The number of hydrogen-bond acceptors (Lipinski definition) is 6. The van der Waals surface area contributed by atoms with Gasteiger partial charge in [-0.2, -0.15) is 5.26 Å². The molecular formula is C19H23N5O. The molecule has 1 aromatic heterocycles. The molecule has 1 aliphatic rings. The number of piperazine rings is 1. The fraction of sp³-hybridized carbons (Fsp3) is 0.421. The van der Waals surface area contributed by atoms with Gasteiger partial charge in [0.1, 0.15) is 29.7 Å². The highest BCUT2D eigenvalue weighted by Crippen LogP contribution is 2.23. The van der Waals surface area contributed by atoms with Crippen molar-refractivity contribution < 1.29 is 4.74 Å². The van der Waals surface area contributed by atoms with E-state index in [2.05, 4.69) is 44.9 Å². The Balaban J connectivity index is 1.67. The number of rotatable bonds is 5. The molecule has 1 saturated heterocycles. The van der Waals surface area contributed by atoms with Crippen LogP contribution in [-0.4, -0.2) is 47.2 Å². The van der Waals surface area contributed by atoms with Crippen LogP contribution in [0.3, 0.4) is 0 Å². The number of hydrogen-bond donors (Lipinski definition) is 0. The summed E-state index contributed by atoms with van der Waals surface area (Å²) in [5.41, 5.74) is 1.63. The van der Waals surface area contributed by atoms with E-state index in [0.717, 1.165) is 37.7 Å². The lowest BCUT2D eigenvalue weighted by Crippen LogP contribution is -2.52. The first-order valence-corrected chi connectivity index (χ1v) is 8.63. The Morgan fingerprint density at radius 3 is 2.88 bits per heavy atom. The molecule has 1 unspecified atom stereocenters. The van der Waals surface area contributed by atoms with Gasteiger partial charge in [-0.05, 0) is 19.9 Å². The summed E-state index contributed by atoms with van der Waals surface area (Å²) in [5.74, 6) is 1.79. The molecule has 2 heterocycles. The summed E-state index contributed by atoms with van der Waals surface area (Å²) in [4.78, 5) is 13.0. The predicted octanol–water partition coefficient (Wildman–Crippen LogP) is 2.46. The Hall–Kier alpha value is -2.65. The highest BCUT2D eigenvalue weighted by molar-refractivity contribution is 5.43. The smallest absolute Gasteiger partial charge is 0.145 e. The van der Waals surface area contributed by atoms with Gasteiger partial charge in [-0.1, -0.05) is 18.2 Å². The second kappa shape index (κ2) is 7.95. The van der Waals surface area contributed by atoms with E-state index in [1.165, 1.54) is 11.9 Å². The molecule has 1 aromatic carbocycles. The monoisotopic (exact) mass is 337 g/mol. The minimum absolute atomic E-state index is 0.314. The van der Waals surface area contributed by atoms with Crippen LogP contribution in [0.25, 0.3) is 0 Å². The van der Waals surface area contributed by atoms with E-state index < -0.39 is 0 Å². The van der Waals surface area contributed by atoms with Gasteiger partial charge in [0, 0.05) is 43.9 Å². The fourth-order valence-corrected chi connectivity index (χ4v) is 3.25. The molecule has 6 nitrogen and oxygen atoms in total. The highest BCUT2D eigenvalue weighted by atomic mass is 16.5. The van der Waals surface area contributed by atoms with Crippen LogP contribution in [0.5, 0.6) is 5.75 Å². The first kappa shape index (κ1) is 17.2. The third-order valence-electron chi connectivity index (χ3n) is 4.44. The Kier molecular flexibility index (Phi) is 5.46. The summed E-state index contributed by atoms with van der Waals surface area (Å²) in [5, 5.41) is 9.02. The first-order chi connectivity index (χ1) is 12.2. The second-order valence-corrected chi connectivity index (χ2v) is 6.19. The van der Waals surface area contributed by atoms with Crippen LogP contribution in [0.4, 0.5) is 5.82 Å². The predicted molar refractivity (Wildman–Crippen MR) is 96.4 cm³/mol. The van der Waals surface area contributed by atoms with E-state index in [1.807, 2.05) is 19.1 Å². The minimum atomic E-state index is 0.314. The van der Waals surface area contributed by atoms with Crippen LogP contribution < -0.4 is 9.64 Å². The third-order valence-corrected chi connectivity index (χ3v) is 4.44. The zero-order chi connectivity index (χ0) is 17.6. The van der Waals surface area contributed by atoms with Gasteiger partial charge in [-0.15, -0.1) is 0 Å². The van der Waals surface area contributed by atoms with Gasteiger partial charge in [-0.3, -0.25) is 4.90 Å². The molecule has 130 valence electrons. The van der Waals surface area contributed by atoms with Crippen LogP contribution in [0.15, 0.2) is 36.7 Å². The van der Waals surface area contributed by atoms with Gasteiger partial charge in [-0.25, -0.2) is 9.97 Å².